The van der Waals surface area contributed by atoms with Gasteiger partial charge in [-0.3, -0.25) is 0 Å². The van der Waals surface area contributed by atoms with Gasteiger partial charge in [0.15, 0.2) is 0 Å². The number of alkyl carbamates (subject to hydrolysis) is 1. The molecular formula is C14H27NO3. The molecule has 0 radical (unpaired) electrons. The highest BCUT2D eigenvalue weighted by atomic mass is 16.6. The number of aldehydes is 1. The summed E-state index contributed by atoms with van der Waals surface area (Å²) in [6.45, 7) is 13.7. The first-order chi connectivity index (χ1) is 7.94. The first-order valence-corrected chi connectivity index (χ1v) is 6.39. The lowest BCUT2D eigenvalue weighted by atomic mass is 9.82. The van der Waals surface area contributed by atoms with E-state index in [9.17, 15) is 9.59 Å². The number of ether oxygens (including phenoxy) is 1. The number of hydrogen-bond donors (Lipinski definition) is 1. The molecule has 0 fully saturated rings. The molecule has 0 aliphatic heterocycles. The van der Waals surface area contributed by atoms with Gasteiger partial charge in [0.25, 0.3) is 0 Å². The SMILES string of the molecule is CC(CC(C)(C)C)C(C=O)NC(=O)OC(C)(C)C. The van der Waals surface area contributed by atoms with E-state index in [4.69, 9.17) is 4.74 Å². The van der Waals surface area contributed by atoms with Crippen molar-refractivity contribution in [2.24, 2.45) is 11.3 Å². The molecule has 106 valence electrons. The van der Waals surface area contributed by atoms with Gasteiger partial charge in [-0.2, -0.15) is 0 Å². The first kappa shape index (κ1) is 16.9. The van der Waals surface area contributed by atoms with Crippen LogP contribution in [-0.2, 0) is 9.53 Å². The fourth-order valence-corrected chi connectivity index (χ4v) is 1.85. The Bertz CT molecular complexity index is 286. The van der Waals surface area contributed by atoms with Crippen molar-refractivity contribution in [3.63, 3.8) is 0 Å². The fraction of sp³-hybridized carbons (Fsp3) is 0.857. The molecule has 1 amide bonds. The van der Waals surface area contributed by atoms with E-state index in [2.05, 4.69) is 26.1 Å². The Morgan fingerprint density at radius 1 is 1.22 bits per heavy atom. The smallest absolute Gasteiger partial charge is 0.408 e. The molecule has 0 saturated carbocycles. The average Bonchev–Trinajstić information content (AvgIpc) is 2.07. The molecule has 1 N–H and O–H groups in total. The maximum Gasteiger partial charge on any atom is 0.408 e. The molecule has 2 atom stereocenters. The van der Waals surface area contributed by atoms with E-state index in [1.165, 1.54) is 0 Å². The Kier molecular flexibility index (Phi) is 5.84. The molecule has 0 bridgehead atoms. The van der Waals surface area contributed by atoms with Gasteiger partial charge in [-0.05, 0) is 38.5 Å². The molecule has 0 heterocycles. The highest BCUT2D eigenvalue weighted by Crippen LogP contribution is 2.25. The summed E-state index contributed by atoms with van der Waals surface area (Å²) in [5.41, 5.74) is -0.429. The van der Waals surface area contributed by atoms with E-state index in [-0.39, 0.29) is 11.3 Å². The number of amides is 1. The standard InChI is InChI=1S/C14H27NO3/c1-10(8-13(2,3)4)11(9-16)15-12(17)18-14(5,6)7/h9-11H,8H2,1-7H3,(H,15,17). The van der Waals surface area contributed by atoms with Gasteiger partial charge in [0, 0.05) is 0 Å². The van der Waals surface area contributed by atoms with Gasteiger partial charge in [-0.15, -0.1) is 0 Å². The van der Waals surface area contributed by atoms with Gasteiger partial charge in [-0.25, -0.2) is 4.79 Å². The van der Waals surface area contributed by atoms with Gasteiger partial charge >= 0.3 is 6.09 Å². The van der Waals surface area contributed by atoms with Gasteiger partial charge in [-0.1, -0.05) is 27.7 Å². The molecule has 0 rings (SSSR count). The van der Waals surface area contributed by atoms with Crippen LogP contribution < -0.4 is 5.32 Å². The minimum absolute atomic E-state index is 0.0787. The monoisotopic (exact) mass is 257 g/mol. The number of nitrogens with one attached hydrogen (secondary N) is 1. The second kappa shape index (κ2) is 6.21. The lowest BCUT2D eigenvalue weighted by Crippen LogP contribution is -2.44. The number of rotatable bonds is 4. The summed E-state index contributed by atoms with van der Waals surface area (Å²) in [6.07, 6.45) is 1.09. The van der Waals surface area contributed by atoms with Crippen LogP contribution in [0.4, 0.5) is 4.79 Å². The summed E-state index contributed by atoms with van der Waals surface area (Å²) in [4.78, 5) is 22.7. The summed E-state index contributed by atoms with van der Waals surface area (Å²) < 4.78 is 5.14. The molecule has 0 aliphatic carbocycles. The van der Waals surface area contributed by atoms with Gasteiger partial charge in [0.05, 0.1) is 6.04 Å². The normalized spacial score (nSPS) is 15.7. The highest BCUT2D eigenvalue weighted by Gasteiger charge is 2.26. The van der Waals surface area contributed by atoms with Gasteiger partial charge < -0.3 is 14.8 Å². The van der Waals surface area contributed by atoms with E-state index in [1.54, 1.807) is 20.8 Å². The average molecular weight is 257 g/mol. The Labute approximate surface area is 110 Å². The van der Waals surface area contributed by atoms with Gasteiger partial charge in [0.2, 0.25) is 0 Å². The zero-order valence-electron chi connectivity index (χ0n) is 12.7. The lowest BCUT2D eigenvalue weighted by molar-refractivity contribution is -0.110. The molecule has 4 nitrogen and oxygen atoms in total. The van der Waals surface area contributed by atoms with Gasteiger partial charge in [0.1, 0.15) is 11.9 Å². The van der Waals surface area contributed by atoms with Crippen molar-refractivity contribution in [3.05, 3.63) is 0 Å². The molecule has 18 heavy (non-hydrogen) atoms. The molecule has 0 aromatic rings. The molecule has 0 aliphatic rings. The third-order valence-electron chi connectivity index (χ3n) is 2.38. The van der Waals surface area contributed by atoms with Crippen LogP contribution in [-0.4, -0.2) is 24.0 Å². The minimum atomic E-state index is -0.551. The summed E-state index contributed by atoms with van der Waals surface area (Å²) in [7, 11) is 0. The van der Waals surface area contributed by atoms with Crippen LogP contribution in [0.25, 0.3) is 0 Å². The summed E-state index contributed by atoms with van der Waals surface area (Å²) in [6, 6.07) is -0.501. The van der Waals surface area contributed by atoms with E-state index >= 15 is 0 Å². The summed E-state index contributed by atoms with van der Waals surface area (Å²) in [5, 5.41) is 2.62. The number of hydrogen-bond acceptors (Lipinski definition) is 3. The van der Waals surface area contributed by atoms with Crippen molar-refractivity contribution in [1.82, 2.24) is 5.32 Å². The van der Waals surface area contributed by atoms with Crippen LogP contribution in [0.5, 0.6) is 0 Å². The number of carbonyl (C=O) groups excluding carboxylic acids is 2. The Morgan fingerprint density at radius 2 is 1.72 bits per heavy atom. The van der Waals surface area contributed by atoms with Crippen LogP contribution in [0.2, 0.25) is 0 Å². The van der Waals surface area contributed by atoms with E-state index in [0.717, 1.165) is 12.7 Å². The van der Waals surface area contributed by atoms with Crippen LogP contribution in [0.1, 0.15) is 54.9 Å². The Balaban J connectivity index is 4.43. The topological polar surface area (TPSA) is 55.4 Å². The molecule has 0 aromatic heterocycles. The van der Waals surface area contributed by atoms with E-state index in [0.29, 0.717) is 0 Å². The molecule has 0 spiro atoms. The third-order valence-corrected chi connectivity index (χ3v) is 2.38. The van der Waals surface area contributed by atoms with Crippen LogP contribution in [0.3, 0.4) is 0 Å². The first-order valence-electron chi connectivity index (χ1n) is 6.39. The predicted octanol–water partition coefficient (Wildman–Crippen LogP) is 3.15. The van der Waals surface area contributed by atoms with Crippen molar-refractivity contribution in [1.29, 1.82) is 0 Å². The van der Waals surface area contributed by atoms with Crippen LogP contribution >= 0.6 is 0 Å². The van der Waals surface area contributed by atoms with Crippen molar-refractivity contribution in [3.8, 4) is 0 Å². The van der Waals surface area contributed by atoms with Crippen LogP contribution in [0, 0.1) is 11.3 Å². The molecule has 0 aromatic carbocycles. The fourth-order valence-electron chi connectivity index (χ4n) is 1.85. The van der Waals surface area contributed by atoms with Crippen molar-refractivity contribution < 1.29 is 14.3 Å². The quantitative estimate of drug-likeness (QED) is 0.787. The zero-order chi connectivity index (χ0) is 14.6. The second-order valence-corrected chi connectivity index (χ2v) is 7.05. The predicted molar refractivity (Wildman–Crippen MR) is 72.5 cm³/mol. The zero-order valence-corrected chi connectivity index (χ0v) is 12.7. The maximum atomic E-state index is 11.6. The molecular weight excluding hydrogens is 230 g/mol. The van der Waals surface area contributed by atoms with E-state index in [1.807, 2.05) is 6.92 Å². The molecule has 0 saturated heterocycles. The van der Waals surface area contributed by atoms with E-state index < -0.39 is 17.7 Å². The maximum absolute atomic E-state index is 11.6. The summed E-state index contributed by atoms with van der Waals surface area (Å²) in [5.74, 6) is 0.0787. The van der Waals surface area contributed by atoms with Crippen LogP contribution in [0.15, 0.2) is 0 Å². The number of carbonyl (C=O) groups is 2. The minimum Gasteiger partial charge on any atom is -0.444 e. The summed E-state index contributed by atoms with van der Waals surface area (Å²) >= 11 is 0. The lowest BCUT2D eigenvalue weighted by Gasteiger charge is -2.28. The Hall–Kier alpha value is -1.06. The molecule has 4 heteroatoms. The Morgan fingerprint density at radius 3 is 2.06 bits per heavy atom. The third kappa shape index (κ3) is 8.09. The molecule has 2 unspecified atom stereocenters. The highest BCUT2D eigenvalue weighted by molar-refractivity contribution is 5.73. The largest absolute Gasteiger partial charge is 0.444 e. The second-order valence-electron chi connectivity index (χ2n) is 7.05. The van der Waals surface area contributed by atoms with Crippen molar-refractivity contribution in [2.45, 2.75) is 66.5 Å². The van der Waals surface area contributed by atoms with Crippen molar-refractivity contribution >= 4 is 12.4 Å². The van der Waals surface area contributed by atoms with Crippen molar-refractivity contribution in [2.75, 3.05) is 0 Å².